The standard InChI is InChI=1S/C23H30N6O2/c1-24-23(29-13-11-28(12-14-29)21-9-2-3-10-25-21)26-17-18-6-4-7-19(16-18)27-22(30)20-8-5-15-31-20/h2-4,6-7,9-10,16,20H,5,8,11-15,17H2,1H3,(H,24,26)(H,27,30). The lowest BCUT2D eigenvalue weighted by molar-refractivity contribution is -0.124. The molecular weight excluding hydrogens is 392 g/mol. The fourth-order valence-electron chi connectivity index (χ4n) is 3.97. The van der Waals surface area contributed by atoms with Crippen molar-refractivity contribution in [2.75, 3.05) is 50.1 Å². The van der Waals surface area contributed by atoms with Gasteiger partial charge < -0.3 is 25.2 Å². The summed E-state index contributed by atoms with van der Waals surface area (Å²) in [5, 5.41) is 6.42. The third-order valence-corrected chi connectivity index (χ3v) is 5.63. The van der Waals surface area contributed by atoms with Gasteiger partial charge in [-0.15, -0.1) is 0 Å². The lowest BCUT2D eigenvalue weighted by Crippen LogP contribution is -2.52. The Morgan fingerprint density at radius 1 is 1.19 bits per heavy atom. The molecule has 8 nitrogen and oxygen atoms in total. The Balaban J connectivity index is 1.28. The first-order valence-corrected chi connectivity index (χ1v) is 10.9. The van der Waals surface area contributed by atoms with Gasteiger partial charge >= 0.3 is 0 Å². The van der Waals surface area contributed by atoms with Crippen molar-refractivity contribution in [3.63, 3.8) is 0 Å². The van der Waals surface area contributed by atoms with E-state index < -0.39 is 0 Å². The molecule has 4 rings (SSSR count). The highest BCUT2D eigenvalue weighted by molar-refractivity contribution is 5.94. The number of hydrogen-bond acceptors (Lipinski definition) is 5. The van der Waals surface area contributed by atoms with Gasteiger partial charge in [-0.2, -0.15) is 0 Å². The van der Waals surface area contributed by atoms with E-state index in [4.69, 9.17) is 4.74 Å². The molecule has 1 unspecified atom stereocenters. The quantitative estimate of drug-likeness (QED) is 0.567. The van der Waals surface area contributed by atoms with E-state index in [0.717, 1.165) is 62.0 Å². The molecular formula is C23H30N6O2. The molecule has 2 aliphatic heterocycles. The maximum atomic E-state index is 12.3. The maximum absolute atomic E-state index is 12.3. The van der Waals surface area contributed by atoms with E-state index in [1.807, 2.05) is 55.7 Å². The van der Waals surface area contributed by atoms with Crippen molar-refractivity contribution in [3.05, 3.63) is 54.2 Å². The molecule has 1 atom stereocenters. The summed E-state index contributed by atoms with van der Waals surface area (Å²) in [5.41, 5.74) is 1.87. The van der Waals surface area contributed by atoms with Gasteiger partial charge in [0, 0.05) is 58.3 Å². The molecule has 164 valence electrons. The Labute approximate surface area is 183 Å². The fourth-order valence-corrected chi connectivity index (χ4v) is 3.97. The Hall–Kier alpha value is -3.13. The topological polar surface area (TPSA) is 82.1 Å². The minimum absolute atomic E-state index is 0.0656. The van der Waals surface area contributed by atoms with Crippen molar-refractivity contribution < 1.29 is 9.53 Å². The first-order chi connectivity index (χ1) is 15.2. The molecule has 1 aromatic heterocycles. The predicted molar refractivity (Wildman–Crippen MR) is 122 cm³/mol. The number of aromatic nitrogens is 1. The van der Waals surface area contributed by atoms with Gasteiger partial charge in [-0.1, -0.05) is 18.2 Å². The summed E-state index contributed by atoms with van der Waals surface area (Å²) in [7, 11) is 1.81. The number of hydrogen-bond donors (Lipinski definition) is 2. The molecule has 0 bridgehead atoms. The number of carbonyl (C=O) groups excluding carboxylic acids is 1. The van der Waals surface area contributed by atoms with Crippen LogP contribution >= 0.6 is 0 Å². The zero-order valence-electron chi connectivity index (χ0n) is 18.0. The highest BCUT2D eigenvalue weighted by atomic mass is 16.5. The van der Waals surface area contributed by atoms with Gasteiger partial charge in [-0.05, 0) is 42.7 Å². The molecule has 2 saturated heterocycles. The van der Waals surface area contributed by atoms with Crippen LogP contribution in [-0.4, -0.2) is 67.7 Å². The van der Waals surface area contributed by atoms with E-state index in [9.17, 15) is 4.79 Å². The van der Waals surface area contributed by atoms with E-state index in [1.165, 1.54) is 0 Å². The summed E-state index contributed by atoms with van der Waals surface area (Å²) in [5.74, 6) is 1.84. The smallest absolute Gasteiger partial charge is 0.253 e. The van der Waals surface area contributed by atoms with Gasteiger partial charge in [0.05, 0.1) is 0 Å². The summed E-state index contributed by atoms with van der Waals surface area (Å²) < 4.78 is 5.46. The third-order valence-electron chi connectivity index (χ3n) is 5.63. The Bertz CT molecular complexity index is 890. The van der Waals surface area contributed by atoms with Gasteiger partial charge in [0.1, 0.15) is 11.9 Å². The minimum atomic E-state index is -0.328. The van der Waals surface area contributed by atoms with Crippen LogP contribution in [0.1, 0.15) is 18.4 Å². The third kappa shape index (κ3) is 5.52. The second-order valence-electron chi connectivity index (χ2n) is 7.75. The van der Waals surface area contributed by atoms with Crippen molar-refractivity contribution in [1.82, 2.24) is 15.2 Å². The number of nitrogens with one attached hydrogen (secondary N) is 2. The zero-order valence-corrected chi connectivity index (χ0v) is 18.0. The van der Waals surface area contributed by atoms with Crippen molar-refractivity contribution in [2.45, 2.75) is 25.5 Å². The van der Waals surface area contributed by atoms with Gasteiger partial charge in [-0.25, -0.2) is 4.98 Å². The molecule has 2 fully saturated rings. The molecule has 2 aromatic rings. The Morgan fingerprint density at radius 2 is 2.06 bits per heavy atom. The van der Waals surface area contributed by atoms with Gasteiger partial charge in [0.2, 0.25) is 0 Å². The first kappa shape index (κ1) is 21.1. The molecule has 0 aliphatic carbocycles. The number of carbonyl (C=O) groups is 1. The summed E-state index contributed by atoms with van der Waals surface area (Å²) in [4.78, 5) is 25.8. The number of ether oxygens (including phenoxy) is 1. The van der Waals surface area contributed by atoms with E-state index in [1.54, 1.807) is 0 Å². The van der Waals surface area contributed by atoms with Gasteiger partial charge in [0.15, 0.2) is 5.96 Å². The summed E-state index contributed by atoms with van der Waals surface area (Å²) in [6, 6.07) is 13.9. The van der Waals surface area contributed by atoms with E-state index in [-0.39, 0.29) is 12.0 Å². The fraction of sp³-hybridized carbons (Fsp3) is 0.435. The van der Waals surface area contributed by atoms with Crippen molar-refractivity contribution in [3.8, 4) is 0 Å². The SMILES string of the molecule is CN=C(NCc1cccc(NC(=O)C2CCCO2)c1)N1CCN(c2ccccn2)CC1. The van der Waals surface area contributed by atoms with Crippen LogP contribution in [0.15, 0.2) is 53.7 Å². The van der Waals surface area contributed by atoms with Crippen LogP contribution in [0.4, 0.5) is 11.5 Å². The Morgan fingerprint density at radius 3 is 2.77 bits per heavy atom. The number of piperazine rings is 1. The Kier molecular flexibility index (Phi) is 6.99. The van der Waals surface area contributed by atoms with Crippen LogP contribution in [0, 0.1) is 0 Å². The molecule has 2 N–H and O–H groups in total. The van der Waals surface area contributed by atoms with Crippen molar-refractivity contribution >= 4 is 23.4 Å². The van der Waals surface area contributed by atoms with Crippen LogP contribution in [0.2, 0.25) is 0 Å². The van der Waals surface area contributed by atoms with Crippen LogP contribution < -0.4 is 15.5 Å². The molecule has 3 heterocycles. The van der Waals surface area contributed by atoms with E-state index in [2.05, 4.69) is 30.4 Å². The largest absolute Gasteiger partial charge is 0.368 e. The monoisotopic (exact) mass is 422 g/mol. The number of benzene rings is 1. The number of rotatable bonds is 5. The number of amides is 1. The zero-order chi connectivity index (χ0) is 21.5. The second-order valence-corrected chi connectivity index (χ2v) is 7.75. The predicted octanol–water partition coefficient (Wildman–Crippen LogP) is 2.10. The second kappa shape index (κ2) is 10.3. The molecule has 1 amide bonds. The van der Waals surface area contributed by atoms with Crippen LogP contribution in [0.25, 0.3) is 0 Å². The lowest BCUT2D eigenvalue weighted by atomic mass is 10.2. The van der Waals surface area contributed by atoms with Gasteiger partial charge in [-0.3, -0.25) is 9.79 Å². The average Bonchev–Trinajstić information content (AvgIpc) is 3.36. The maximum Gasteiger partial charge on any atom is 0.253 e. The molecule has 0 spiro atoms. The average molecular weight is 423 g/mol. The van der Waals surface area contributed by atoms with E-state index in [0.29, 0.717) is 13.2 Å². The molecule has 0 radical (unpaired) electrons. The number of aliphatic imine (C=N–C) groups is 1. The molecule has 2 aliphatic rings. The van der Waals surface area contributed by atoms with Crippen LogP contribution in [0.5, 0.6) is 0 Å². The number of guanidine groups is 1. The summed E-state index contributed by atoms with van der Waals surface area (Å²) in [6.07, 6.45) is 3.23. The molecule has 31 heavy (non-hydrogen) atoms. The van der Waals surface area contributed by atoms with Crippen molar-refractivity contribution in [1.29, 1.82) is 0 Å². The minimum Gasteiger partial charge on any atom is -0.368 e. The van der Waals surface area contributed by atoms with Crippen LogP contribution in [-0.2, 0) is 16.1 Å². The number of pyridine rings is 1. The lowest BCUT2D eigenvalue weighted by Gasteiger charge is -2.37. The highest BCUT2D eigenvalue weighted by Crippen LogP contribution is 2.17. The number of nitrogens with zero attached hydrogens (tertiary/aromatic N) is 4. The highest BCUT2D eigenvalue weighted by Gasteiger charge is 2.23. The van der Waals surface area contributed by atoms with Crippen molar-refractivity contribution in [2.24, 2.45) is 4.99 Å². The van der Waals surface area contributed by atoms with Gasteiger partial charge in [0.25, 0.3) is 5.91 Å². The molecule has 0 saturated carbocycles. The first-order valence-electron chi connectivity index (χ1n) is 10.9. The van der Waals surface area contributed by atoms with Crippen LogP contribution in [0.3, 0.4) is 0 Å². The summed E-state index contributed by atoms with van der Waals surface area (Å²) in [6.45, 7) is 4.88. The molecule has 1 aromatic carbocycles. The molecule has 8 heteroatoms. The normalized spacial score (nSPS) is 19.4. The number of anilines is 2. The van der Waals surface area contributed by atoms with E-state index >= 15 is 0 Å². The summed E-state index contributed by atoms with van der Waals surface area (Å²) >= 11 is 0.